The predicted octanol–water partition coefficient (Wildman–Crippen LogP) is 5.20. The Balaban J connectivity index is 2.25. The van der Waals surface area contributed by atoms with Crippen molar-refractivity contribution in [1.29, 1.82) is 0 Å². The van der Waals surface area contributed by atoms with Crippen LogP contribution in [-0.4, -0.2) is 32.6 Å². The van der Waals surface area contributed by atoms with Crippen molar-refractivity contribution in [3.8, 4) is 5.69 Å². The lowest BCUT2D eigenvalue weighted by atomic mass is 10.1. The van der Waals surface area contributed by atoms with E-state index in [1.807, 2.05) is 40.7 Å². The zero-order chi connectivity index (χ0) is 23.5. The van der Waals surface area contributed by atoms with Crippen LogP contribution in [-0.2, 0) is 0 Å². The zero-order valence-corrected chi connectivity index (χ0v) is 19.4. The van der Waals surface area contributed by atoms with Crippen LogP contribution in [0.1, 0.15) is 59.3 Å². The fourth-order valence-corrected chi connectivity index (χ4v) is 3.79. The Kier molecular flexibility index (Phi) is 6.96. The van der Waals surface area contributed by atoms with Crippen molar-refractivity contribution in [2.45, 2.75) is 59.0 Å². The van der Waals surface area contributed by atoms with Crippen LogP contribution in [0.5, 0.6) is 0 Å². The number of aromatic nitrogens is 2. The number of nitrogens with one attached hydrogen (secondary N) is 1. The molecule has 7 heteroatoms. The number of nitrogens with zero attached hydrogens (tertiary/aromatic N) is 3. The third-order valence-corrected chi connectivity index (χ3v) is 5.15. The molecule has 1 N–H and O–H groups in total. The van der Waals surface area contributed by atoms with Gasteiger partial charge in [0.15, 0.2) is 0 Å². The van der Waals surface area contributed by atoms with Gasteiger partial charge < -0.3 is 10.2 Å². The minimum atomic E-state index is -0.445. The van der Waals surface area contributed by atoms with E-state index in [0.717, 1.165) is 6.42 Å². The molecular weight excluding hydrogens is 407 g/mol. The highest BCUT2D eigenvalue weighted by molar-refractivity contribution is 5.78. The second-order valence-corrected chi connectivity index (χ2v) is 8.90. The summed E-state index contributed by atoms with van der Waals surface area (Å²) in [4.78, 5) is 33.3. The van der Waals surface area contributed by atoms with Crippen LogP contribution in [0, 0.1) is 5.82 Å². The molecule has 1 atom stereocenters. The topological polar surface area (TPSA) is 67.2 Å². The second-order valence-electron chi connectivity index (χ2n) is 8.90. The molecule has 0 fully saturated rings. The lowest BCUT2D eigenvalue weighted by Crippen LogP contribution is -2.50. The molecule has 0 aliphatic heterocycles. The van der Waals surface area contributed by atoms with E-state index in [4.69, 9.17) is 4.98 Å². The number of hydrogen-bond acceptors (Lipinski definition) is 3. The van der Waals surface area contributed by atoms with Gasteiger partial charge in [-0.05, 0) is 70.0 Å². The quantitative estimate of drug-likeness (QED) is 0.575. The first kappa shape index (κ1) is 23.4. The van der Waals surface area contributed by atoms with Crippen LogP contribution in [0.25, 0.3) is 16.6 Å². The van der Waals surface area contributed by atoms with Crippen LogP contribution in [0.2, 0.25) is 0 Å². The minimum absolute atomic E-state index is 0.209. The summed E-state index contributed by atoms with van der Waals surface area (Å²) >= 11 is 0. The highest BCUT2D eigenvalue weighted by Crippen LogP contribution is 2.26. The van der Waals surface area contributed by atoms with Gasteiger partial charge in [0.25, 0.3) is 5.56 Å². The highest BCUT2D eigenvalue weighted by Gasteiger charge is 2.30. The van der Waals surface area contributed by atoms with Gasteiger partial charge in [-0.15, -0.1) is 0 Å². The van der Waals surface area contributed by atoms with E-state index < -0.39 is 11.6 Å². The molecule has 1 aromatic heterocycles. The minimum Gasteiger partial charge on any atom is -0.333 e. The molecule has 0 aliphatic carbocycles. The van der Waals surface area contributed by atoms with Gasteiger partial charge in [-0.1, -0.05) is 26.0 Å². The summed E-state index contributed by atoms with van der Waals surface area (Å²) in [5, 5.41) is 3.50. The largest absolute Gasteiger partial charge is 0.333 e. The number of benzene rings is 2. The molecule has 0 saturated carbocycles. The molecule has 0 aliphatic rings. The van der Waals surface area contributed by atoms with Crippen LogP contribution in [0.3, 0.4) is 0 Å². The summed E-state index contributed by atoms with van der Waals surface area (Å²) in [5.74, 6) is 0.0709. The summed E-state index contributed by atoms with van der Waals surface area (Å²) < 4.78 is 15.1. The third-order valence-electron chi connectivity index (χ3n) is 5.15. The number of hydrogen-bond donors (Lipinski definition) is 1. The van der Waals surface area contributed by atoms with Crippen molar-refractivity contribution in [2.75, 3.05) is 6.54 Å². The van der Waals surface area contributed by atoms with Crippen molar-refractivity contribution in [3.05, 3.63) is 70.5 Å². The van der Waals surface area contributed by atoms with Crippen LogP contribution in [0.15, 0.2) is 53.3 Å². The van der Waals surface area contributed by atoms with Crippen molar-refractivity contribution in [1.82, 2.24) is 19.8 Å². The maximum atomic E-state index is 13.6. The molecule has 1 heterocycles. The number of rotatable bonds is 6. The van der Waals surface area contributed by atoms with E-state index in [0.29, 0.717) is 35.4 Å². The smallest absolute Gasteiger partial charge is 0.318 e. The summed E-state index contributed by atoms with van der Waals surface area (Å²) in [5.41, 5.74) is 0.422. The third kappa shape index (κ3) is 4.98. The van der Waals surface area contributed by atoms with Gasteiger partial charge in [0.1, 0.15) is 11.6 Å². The van der Waals surface area contributed by atoms with Crippen LogP contribution in [0.4, 0.5) is 9.18 Å². The molecule has 1 unspecified atom stereocenters. The first-order valence-corrected chi connectivity index (χ1v) is 11.0. The van der Waals surface area contributed by atoms with Gasteiger partial charge in [-0.25, -0.2) is 14.2 Å². The molecule has 2 amide bonds. The SMILES string of the molecule is CCCN(C(=O)NC(C)(C)C)C(CC)c1nc2ccccc2c(=O)n1-c1ccc(F)cc1. The molecule has 3 aromatic rings. The van der Waals surface area contributed by atoms with E-state index in [1.165, 1.54) is 16.7 Å². The summed E-state index contributed by atoms with van der Waals surface area (Å²) in [6.45, 7) is 10.3. The second kappa shape index (κ2) is 9.51. The number of carbonyl (C=O) groups is 1. The first-order valence-electron chi connectivity index (χ1n) is 11.0. The Bertz CT molecular complexity index is 1150. The number of para-hydroxylation sites is 1. The number of urea groups is 1. The average Bonchev–Trinajstić information content (AvgIpc) is 2.73. The Labute approximate surface area is 188 Å². The van der Waals surface area contributed by atoms with E-state index in [2.05, 4.69) is 5.32 Å². The van der Waals surface area contributed by atoms with Gasteiger partial charge in [0, 0.05) is 12.1 Å². The average molecular weight is 439 g/mol. The van der Waals surface area contributed by atoms with Gasteiger partial charge in [-0.3, -0.25) is 9.36 Å². The van der Waals surface area contributed by atoms with Gasteiger partial charge in [-0.2, -0.15) is 0 Å². The monoisotopic (exact) mass is 438 g/mol. The Morgan fingerprint density at radius 1 is 1.12 bits per heavy atom. The molecule has 3 rings (SSSR count). The molecule has 32 heavy (non-hydrogen) atoms. The van der Waals surface area contributed by atoms with Crippen molar-refractivity contribution in [3.63, 3.8) is 0 Å². The molecule has 2 aromatic carbocycles. The van der Waals surface area contributed by atoms with E-state index in [1.54, 1.807) is 35.2 Å². The van der Waals surface area contributed by atoms with Crippen molar-refractivity contribution in [2.24, 2.45) is 0 Å². The Hall–Kier alpha value is -3.22. The van der Waals surface area contributed by atoms with Crippen LogP contribution < -0.4 is 10.9 Å². The lowest BCUT2D eigenvalue weighted by Gasteiger charge is -2.34. The normalized spacial score (nSPS) is 12.6. The summed E-state index contributed by atoms with van der Waals surface area (Å²) in [6.07, 6.45) is 1.31. The molecule has 0 radical (unpaired) electrons. The highest BCUT2D eigenvalue weighted by atomic mass is 19.1. The molecule has 6 nitrogen and oxygen atoms in total. The maximum Gasteiger partial charge on any atom is 0.318 e. The van der Waals surface area contributed by atoms with Gasteiger partial charge in [0.2, 0.25) is 0 Å². The van der Waals surface area contributed by atoms with E-state index >= 15 is 0 Å². The molecule has 0 bridgehead atoms. The molecule has 0 saturated heterocycles. The van der Waals surface area contributed by atoms with Crippen molar-refractivity contribution >= 4 is 16.9 Å². The molecule has 170 valence electrons. The first-order chi connectivity index (χ1) is 15.2. The maximum absolute atomic E-state index is 13.6. The number of amides is 2. The fourth-order valence-electron chi connectivity index (χ4n) is 3.79. The fraction of sp³-hybridized carbons (Fsp3) is 0.400. The van der Waals surface area contributed by atoms with Gasteiger partial charge >= 0.3 is 6.03 Å². The Morgan fingerprint density at radius 3 is 2.38 bits per heavy atom. The number of fused-ring (bicyclic) bond motifs is 1. The molecule has 0 spiro atoms. The van der Waals surface area contributed by atoms with Crippen molar-refractivity contribution < 1.29 is 9.18 Å². The molecular formula is C25H31FN4O2. The number of carbonyl (C=O) groups excluding carboxylic acids is 1. The van der Waals surface area contributed by atoms with E-state index in [-0.39, 0.29) is 17.4 Å². The Morgan fingerprint density at radius 2 is 1.78 bits per heavy atom. The lowest BCUT2D eigenvalue weighted by molar-refractivity contribution is 0.160. The summed E-state index contributed by atoms with van der Waals surface area (Å²) in [6, 6.07) is 12.2. The zero-order valence-electron chi connectivity index (χ0n) is 19.4. The standard InChI is InChI=1S/C25H31FN4O2/c1-6-16-29(24(32)28-25(3,4)5)21(7-2)22-27-20-11-9-8-10-19(20)23(31)30(22)18-14-12-17(26)13-15-18/h8-15,21H,6-7,16H2,1-5H3,(H,28,32). The predicted molar refractivity (Wildman–Crippen MR) is 126 cm³/mol. The van der Waals surface area contributed by atoms with E-state index in [9.17, 15) is 14.0 Å². The number of halogens is 1. The van der Waals surface area contributed by atoms with Gasteiger partial charge in [0.05, 0.1) is 22.6 Å². The van der Waals surface area contributed by atoms with Crippen LogP contribution >= 0.6 is 0 Å². The summed E-state index contributed by atoms with van der Waals surface area (Å²) in [7, 11) is 0.